The van der Waals surface area contributed by atoms with Crippen molar-refractivity contribution in [1.82, 2.24) is 5.32 Å². The van der Waals surface area contributed by atoms with E-state index in [1.54, 1.807) is 12.1 Å². The van der Waals surface area contributed by atoms with Crippen LogP contribution in [-0.4, -0.2) is 18.4 Å². The first-order chi connectivity index (χ1) is 12.3. The summed E-state index contributed by atoms with van der Waals surface area (Å²) in [7, 11) is 0. The Balaban J connectivity index is 1.37. The van der Waals surface area contributed by atoms with Gasteiger partial charge in [0.05, 0.1) is 10.0 Å². The van der Waals surface area contributed by atoms with Crippen LogP contribution in [0.5, 0.6) is 11.5 Å². The zero-order valence-electron chi connectivity index (χ0n) is 13.1. The largest absolute Gasteiger partial charge is 0.586 e. The summed E-state index contributed by atoms with van der Waals surface area (Å²) in [5.41, 5.74) is 1.19. The molecule has 9 heteroatoms. The van der Waals surface area contributed by atoms with E-state index in [1.807, 2.05) is 6.07 Å². The molecule has 4 rings (SSSR count). The van der Waals surface area contributed by atoms with Crippen molar-refractivity contribution >= 4 is 34.9 Å². The first kappa shape index (κ1) is 17.2. The van der Waals surface area contributed by atoms with Crippen molar-refractivity contribution < 1.29 is 23.0 Å². The van der Waals surface area contributed by atoms with Crippen LogP contribution in [0.3, 0.4) is 0 Å². The molecular weight excluding hydrogens is 389 g/mol. The Kier molecular flexibility index (Phi) is 4.08. The number of urea groups is 1. The molecule has 1 aliphatic carbocycles. The first-order valence-electron chi connectivity index (χ1n) is 7.74. The summed E-state index contributed by atoms with van der Waals surface area (Å²) in [5, 5.41) is 6.34. The lowest BCUT2D eigenvalue weighted by Gasteiger charge is -2.09. The van der Waals surface area contributed by atoms with Crippen LogP contribution >= 0.6 is 23.2 Å². The minimum absolute atomic E-state index is 0.0793. The molecule has 2 aromatic rings. The summed E-state index contributed by atoms with van der Waals surface area (Å²) in [6.07, 6.45) is -2.96. The van der Waals surface area contributed by atoms with Gasteiger partial charge in [0.25, 0.3) is 0 Å². The third-order valence-corrected chi connectivity index (χ3v) is 4.98. The van der Waals surface area contributed by atoms with Gasteiger partial charge in [0.2, 0.25) is 0 Å². The Morgan fingerprint density at radius 1 is 1.15 bits per heavy atom. The van der Waals surface area contributed by atoms with Gasteiger partial charge in [-0.3, -0.25) is 0 Å². The zero-order chi connectivity index (χ0) is 18.5. The molecule has 1 fully saturated rings. The highest BCUT2D eigenvalue weighted by Gasteiger charge is 2.44. The molecule has 1 aliphatic heterocycles. The molecule has 0 bridgehead atoms. The lowest BCUT2D eigenvalue weighted by Crippen LogP contribution is -2.31. The van der Waals surface area contributed by atoms with Crippen LogP contribution in [0.2, 0.25) is 10.0 Å². The molecule has 2 unspecified atom stereocenters. The van der Waals surface area contributed by atoms with E-state index in [0.29, 0.717) is 15.7 Å². The molecule has 1 saturated carbocycles. The van der Waals surface area contributed by atoms with E-state index in [2.05, 4.69) is 20.1 Å². The van der Waals surface area contributed by atoms with E-state index in [0.717, 1.165) is 12.0 Å². The number of amides is 2. The Hall–Kier alpha value is -2.25. The van der Waals surface area contributed by atoms with E-state index >= 15 is 0 Å². The van der Waals surface area contributed by atoms with Crippen LogP contribution < -0.4 is 20.1 Å². The van der Waals surface area contributed by atoms with Gasteiger partial charge in [0, 0.05) is 23.7 Å². The molecule has 1 heterocycles. The number of carbonyl (C=O) groups excluding carboxylic acids is 1. The van der Waals surface area contributed by atoms with Gasteiger partial charge in [-0.05, 0) is 30.2 Å². The third-order valence-electron chi connectivity index (χ3n) is 4.15. The summed E-state index contributed by atoms with van der Waals surface area (Å²) in [6.45, 7) is 0. The average molecular weight is 401 g/mol. The lowest BCUT2D eigenvalue weighted by molar-refractivity contribution is -0.286. The summed E-state index contributed by atoms with van der Waals surface area (Å²) in [4.78, 5) is 12.1. The Morgan fingerprint density at radius 2 is 1.92 bits per heavy atom. The fraction of sp³-hybridized carbons (Fsp3) is 0.235. The third kappa shape index (κ3) is 3.37. The Bertz CT molecular complexity index is 894. The van der Waals surface area contributed by atoms with Crippen LogP contribution in [0.4, 0.5) is 19.3 Å². The maximum absolute atomic E-state index is 13.0. The molecule has 0 aromatic heterocycles. The van der Waals surface area contributed by atoms with E-state index in [9.17, 15) is 13.6 Å². The highest BCUT2D eigenvalue weighted by molar-refractivity contribution is 6.42. The van der Waals surface area contributed by atoms with E-state index < -0.39 is 12.3 Å². The van der Waals surface area contributed by atoms with Crippen LogP contribution in [0.25, 0.3) is 0 Å². The van der Waals surface area contributed by atoms with Gasteiger partial charge in [-0.1, -0.05) is 35.3 Å². The van der Waals surface area contributed by atoms with E-state index in [4.69, 9.17) is 23.2 Å². The Labute approximate surface area is 157 Å². The van der Waals surface area contributed by atoms with E-state index in [-0.39, 0.29) is 23.5 Å². The zero-order valence-corrected chi connectivity index (χ0v) is 14.6. The fourth-order valence-electron chi connectivity index (χ4n) is 2.87. The maximum Gasteiger partial charge on any atom is 0.586 e. The van der Waals surface area contributed by atoms with Gasteiger partial charge in [0.15, 0.2) is 11.5 Å². The van der Waals surface area contributed by atoms with Crippen molar-refractivity contribution in [1.29, 1.82) is 0 Å². The first-order valence-corrected chi connectivity index (χ1v) is 8.49. The van der Waals surface area contributed by atoms with E-state index in [1.165, 1.54) is 18.2 Å². The summed E-state index contributed by atoms with van der Waals surface area (Å²) < 4.78 is 34.7. The topological polar surface area (TPSA) is 59.6 Å². The maximum atomic E-state index is 13.0. The summed E-state index contributed by atoms with van der Waals surface area (Å²) >= 11 is 12.2. The standard InChI is InChI=1S/C17H12Cl2F2N2O3/c18-11-3-1-2-9(15(11)19)10-7-12(10)23-16(24)22-8-4-5-13-14(6-8)26-17(20,21)25-13/h1-6,10,12H,7H2,(H2,22,23,24). The molecule has 26 heavy (non-hydrogen) atoms. The second-order valence-corrected chi connectivity index (χ2v) is 6.80. The van der Waals surface area contributed by atoms with Gasteiger partial charge in [-0.15, -0.1) is 8.78 Å². The van der Waals surface area contributed by atoms with Gasteiger partial charge >= 0.3 is 12.3 Å². The molecular formula is C17H12Cl2F2N2O3. The molecule has 0 radical (unpaired) electrons. The van der Waals surface area contributed by atoms with Gasteiger partial charge < -0.3 is 20.1 Å². The number of fused-ring (bicyclic) bond motifs is 1. The monoisotopic (exact) mass is 400 g/mol. The minimum atomic E-state index is -3.69. The van der Waals surface area contributed by atoms with Gasteiger partial charge in [-0.2, -0.15) is 0 Å². The van der Waals surface area contributed by atoms with Crippen molar-refractivity contribution in [2.45, 2.75) is 24.7 Å². The molecule has 2 N–H and O–H groups in total. The molecule has 136 valence electrons. The van der Waals surface area contributed by atoms with Crippen molar-refractivity contribution in [2.24, 2.45) is 0 Å². The number of carbonyl (C=O) groups is 1. The van der Waals surface area contributed by atoms with Crippen LogP contribution in [-0.2, 0) is 0 Å². The summed E-state index contributed by atoms with van der Waals surface area (Å²) in [5.74, 6) is -0.135. The molecule has 2 amide bonds. The second-order valence-electron chi connectivity index (χ2n) is 6.02. The average Bonchev–Trinajstić information content (AvgIpc) is 3.22. The number of nitrogens with one attached hydrogen (secondary N) is 2. The van der Waals surface area contributed by atoms with Crippen molar-refractivity contribution in [3.8, 4) is 11.5 Å². The summed E-state index contributed by atoms with van der Waals surface area (Å²) in [6, 6.07) is 8.87. The predicted molar refractivity (Wildman–Crippen MR) is 92.4 cm³/mol. The molecule has 2 aromatic carbocycles. The number of hydrogen-bond acceptors (Lipinski definition) is 3. The number of anilines is 1. The highest BCUT2D eigenvalue weighted by Crippen LogP contribution is 2.45. The molecule has 0 spiro atoms. The van der Waals surface area contributed by atoms with Crippen LogP contribution in [0.15, 0.2) is 36.4 Å². The van der Waals surface area contributed by atoms with Crippen LogP contribution in [0, 0.1) is 0 Å². The molecule has 0 saturated heterocycles. The van der Waals surface area contributed by atoms with Gasteiger partial charge in [0.1, 0.15) is 0 Å². The van der Waals surface area contributed by atoms with Crippen molar-refractivity contribution in [3.05, 3.63) is 52.0 Å². The molecule has 2 aliphatic rings. The number of halogens is 4. The van der Waals surface area contributed by atoms with Crippen LogP contribution in [0.1, 0.15) is 17.9 Å². The predicted octanol–water partition coefficient (Wildman–Crippen LogP) is 4.99. The van der Waals surface area contributed by atoms with Crippen molar-refractivity contribution in [3.63, 3.8) is 0 Å². The number of alkyl halides is 2. The van der Waals surface area contributed by atoms with Gasteiger partial charge in [-0.25, -0.2) is 4.79 Å². The Morgan fingerprint density at radius 3 is 2.73 bits per heavy atom. The number of rotatable bonds is 3. The number of hydrogen-bond donors (Lipinski definition) is 2. The number of benzene rings is 2. The number of ether oxygens (including phenoxy) is 2. The molecule has 5 nitrogen and oxygen atoms in total. The SMILES string of the molecule is O=C(Nc1ccc2c(c1)OC(F)(F)O2)NC1CC1c1cccc(Cl)c1Cl. The second kappa shape index (κ2) is 6.17. The molecule has 2 atom stereocenters. The normalized spacial score (nSPS) is 22.0. The lowest BCUT2D eigenvalue weighted by atomic mass is 10.1. The smallest absolute Gasteiger partial charge is 0.395 e. The van der Waals surface area contributed by atoms with Crippen molar-refractivity contribution in [2.75, 3.05) is 5.32 Å². The fourth-order valence-corrected chi connectivity index (χ4v) is 3.32. The quantitative estimate of drug-likeness (QED) is 0.762. The minimum Gasteiger partial charge on any atom is -0.395 e. The highest BCUT2D eigenvalue weighted by atomic mass is 35.5.